The fourth-order valence-electron chi connectivity index (χ4n) is 1.38. The van der Waals surface area contributed by atoms with Crippen LogP contribution in [0.25, 0.3) is 0 Å². The number of benzene rings is 1. The Morgan fingerprint density at radius 1 is 1.41 bits per heavy atom. The lowest BCUT2D eigenvalue weighted by molar-refractivity contribution is 0.0172. The van der Waals surface area contributed by atoms with Crippen LogP contribution in [0.4, 0.5) is 4.39 Å². The van der Waals surface area contributed by atoms with E-state index in [9.17, 15) is 19.4 Å². The van der Waals surface area contributed by atoms with Crippen molar-refractivity contribution < 1.29 is 24.5 Å². The van der Waals surface area contributed by atoms with Crippen LogP contribution in [-0.4, -0.2) is 32.7 Å². The molecule has 0 bridgehead atoms. The highest BCUT2D eigenvalue weighted by molar-refractivity contribution is 9.09. The Morgan fingerprint density at radius 3 is 2.59 bits per heavy atom. The first-order valence-electron chi connectivity index (χ1n) is 4.92. The summed E-state index contributed by atoms with van der Waals surface area (Å²) >= 11 is 3.11. The average molecular weight is 307 g/mol. The van der Waals surface area contributed by atoms with Crippen LogP contribution in [0.15, 0.2) is 18.2 Å². The molecule has 0 amide bonds. The van der Waals surface area contributed by atoms with Gasteiger partial charge in [-0.15, -0.1) is 0 Å². The van der Waals surface area contributed by atoms with E-state index in [4.69, 9.17) is 5.11 Å². The fraction of sp³-hybridized carbons (Fsp3) is 0.364. The van der Waals surface area contributed by atoms with E-state index in [1.54, 1.807) is 0 Å². The predicted molar refractivity (Wildman–Crippen MR) is 62.7 cm³/mol. The molecule has 4 nitrogen and oxygen atoms in total. The van der Waals surface area contributed by atoms with E-state index < -0.39 is 29.6 Å². The summed E-state index contributed by atoms with van der Waals surface area (Å²) in [5, 5.41) is 28.5. The second-order valence-electron chi connectivity index (χ2n) is 3.53. The number of hydrogen-bond donors (Lipinski definition) is 3. The Hall–Kier alpha value is -0.980. The molecule has 2 unspecified atom stereocenters. The summed E-state index contributed by atoms with van der Waals surface area (Å²) in [5.41, 5.74) is -0.343. The lowest BCUT2D eigenvalue weighted by Gasteiger charge is -2.17. The second-order valence-corrected chi connectivity index (χ2v) is 4.33. The third kappa shape index (κ3) is 3.49. The van der Waals surface area contributed by atoms with Gasteiger partial charge in [0.25, 0.3) is 0 Å². The van der Waals surface area contributed by atoms with Gasteiger partial charge in [-0.05, 0) is 24.1 Å². The quantitative estimate of drug-likeness (QED) is 0.724. The van der Waals surface area contributed by atoms with E-state index in [0.29, 0.717) is 11.8 Å². The molecule has 0 radical (unpaired) electrons. The van der Waals surface area contributed by atoms with Gasteiger partial charge in [-0.2, -0.15) is 0 Å². The fourth-order valence-corrected chi connectivity index (χ4v) is 1.85. The molecule has 0 aliphatic rings. The number of halogens is 2. The van der Waals surface area contributed by atoms with Crippen LogP contribution in [0.5, 0.6) is 0 Å². The molecule has 0 fully saturated rings. The van der Waals surface area contributed by atoms with Crippen LogP contribution in [-0.2, 0) is 0 Å². The van der Waals surface area contributed by atoms with E-state index in [-0.39, 0.29) is 5.56 Å². The van der Waals surface area contributed by atoms with Crippen molar-refractivity contribution in [1.29, 1.82) is 0 Å². The Morgan fingerprint density at radius 2 is 2.06 bits per heavy atom. The van der Waals surface area contributed by atoms with Gasteiger partial charge >= 0.3 is 5.97 Å². The lowest BCUT2D eigenvalue weighted by atomic mass is 10.0. The Bertz CT molecular complexity index is 410. The zero-order valence-electron chi connectivity index (χ0n) is 8.81. The van der Waals surface area contributed by atoms with Crippen molar-refractivity contribution in [3.05, 3.63) is 35.1 Å². The molecule has 0 spiro atoms. The number of aliphatic hydroxyl groups excluding tert-OH is 2. The third-order valence-electron chi connectivity index (χ3n) is 2.33. The van der Waals surface area contributed by atoms with Crippen molar-refractivity contribution >= 4 is 21.9 Å². The van der Waals surface area contributed by atoms with Crippen LogP contribution in [0.2, 0.25) is 0 Å². The van der Waals surface area contributed by atoms with Crippen molar-refractivity contribution in [3.8, 4) is 0 Å². The highest BCUT2D eigenvalue weighted by atomic mass is 79.9. The summed E-state index contributed by atoms with van der Waals surface area (Å²) in [4.78, 5) is 10.7. The molecule has 0 aliphatic heterocycles. The summed E-state index contributed by atoms with van der Waals surface area (Å²) in [6.45, 7) is 0. The Kier molecular flexibility index (Phi) is 5.04. The van der Waals surface area contributed by atoms with Crippen LogP contribution in [0, 0.1) is 5.82 Å². The molecule has 6 heteroatoms. The van der Waals surface area contributed by atoms with Gasteiger partial charge in [0.1, 0.15) is 11.9 Å². The molecule has 17 heavy (non-hydrogen) atoms. The van der Waals surface area contributed by atoms with Crippen molar-refractivity contribution in [2.75, 3.05) is 5.33 Å². The predicted octanol–water partition coefficient (Wildman–Crippen LogP) is 1.70. The van der Waals surface area contributed by atoms with Crippen LogP contribution < -0.4 is 0 Å². The lowest BCUT2D eigenvalue weighted by Crippen LogP contribution is -2.19. The van der Waals surface area contributed by atoms with Crippen molar-refractivity contribution in [2.24, 2.45) is 0 Å². The molecule has 0 heterocycles. The minimum atomic E-state index is -1.41. The Labute approximate surface area is 106 Å². The summed E-state index contributed by atoms with van der Waals surface area (Å²) in [6, 6.07) is 3.24. The molecule has 3 N–H and O–H groups in total. The minimum absolute atomic E-state index is 0.178. The van der Waals surface area contributed by atoms with Crippen molar-refractivity contribution in [2.45, 2.75) is 18.6 Å². The summed E-state index contributed by atoms with van der Waals surface area (Å²) in [6.07, 6.45) is -1.95. The summed E-state index contributed by atoms with van der Waals surface area (Å²) in [5.74, 6) is -2.28. The van der Waals surface area contributed by atoms with Crippen molar-refractivity contribution in [3.63, 3.8) is 0 Å². The molecular weight excluding hydrogens is 295 g/mol. The topological polar surface area (TPSA) is 77.8 Å². The molecule has 0 aromatic heterocycles. The average Bonchev–Trinajstić information content (AvgIpc) is 2.28. The van der Waals surface area contributed by atoms with Gasteiger partial charge in [-0.25, -0.2) is 9.18 Å². The van der Waals surface area contributed by atoms with E-state index in [0.717, 1.165) is 12.1 Å². The minimum Gasteiger partial charge on any atom is -0.478 e. The van der Waals surface area contributed by atoms with E-state index in [1.807, 2.05) is 0 Å². The molecule has 1 rings (SSSR count). The molecular formula is C11H12BrFO4. The maximum Gasteiger partial charge on any atom is 0.338 e. The van der Waals surface area contributed by atoms with Gasteiger partial charge in [0.05, 0.1) is 11.7 Å². The monoisotopic (exact) mass is 306 g/mol. The maximum absolute atomic E-state index is 13.1. The molecule has 0 saturated carbocycles. The van der Waals surface area contributed by atoms with Gasteiger partial charge in [-0.3, -0.25) is 0 Å². The molecule has 1 aromatic rings. The smallest absolute Gasteiger partial charge is 0.338 e. The standard InChI is InChI=1S/C11H12BrFO4/c12-4-3-9(14)10(15)6-1-2-8(13)7(5-6)11(16)17/h1-2,5,9-10,14-15H,3-4H2,(H,16,17). The van der Waals surface area contributed by atoms with Gasteiger partial charge in [-0.1, -0.05) is 22.0 Å². The number of carboxylic acids is 1. The van der Waals surface area contributed by atoms with E-state index >= 15 is 0 Å². The second kappa shape index (κ2) is 6.09. The zero-order valence-corrected chi connectivity index (χ0v) is 10.4. The largest absolute Gasteiger partial charge is 0.478 e. The first-order valence-corrected chi connectivity index (χ1v) is 6.04. The molecule has 2 atom stereocenters. The maximum atomic E-state index is 13.1. The third-order valence-corrected chi connectivity index (χ3v) is 2.79. The highest BCUT2D eigenvalue weighted by Gasteiger charge is 2.20. The summed E-state index contributed by atoms with van der Waals surface area (Å²) < 4.78 is 13.1. The first-order chi connectivity index (χ1) is 7.97. The molecule has 94 valence electrons. The number of carbonyl (C=O) groups is 1. The van der Waals surface area contributed by atoms with Gasteiger partial charge in [0, 0.05) is 5.33 Å². The summed E-state index contributed by atoms with van der Waals surface area (Å²) in [7, 11) is 0. The number of carboxylic acid groups (broad SMARTS) is 1. The van der Waals surface area contributed by atoms with E-state index in [2.05, 4.69) is 15.9 Å². The number of alkyl halides is 1. The molecule has 0 saturated heterocycles. The number of aromatic carboxylic acids is 1. The zero-order chi connectivity index (χ0) is 13.0. The van der Waals surface area contributed by atoms with Gasteiger partial charge < -0.3 is 15.3 Å². The van der Waals surface area contributed by atoms with Gasteiger partial charge in [0.15, 0.2) is 0 Å². The van der Waals surface area contributed by atoms with Gasteiger partial charge in [0.2, 0.25) is 0 Å². The van der Waals surface area contributed by atoms with E-state index in [1.165, 1.54) is 6.07 Å². The highest BCUT2D eigenvalue weighted by Crippen LogP contribution is 2.22. The van der Waals surface area contributed by atoms with Crippen LogP contribution >= 0.6 is 15.9 Å². The van der Waals surface area contributed by atoms with Crippen LogP contribution in [0.1, 0.15) is 28.4 Å². The number of hydrogen-bond acceptors (Lipinski definition) is 3. The number of rotatable bonds is 5. The Balaban J connectivity index is 2.99. The van der Waals surface area contributed by atoms with Crippen LogP contribution in [0.3, 0.4) is 0 Å². The molecule has 1 aromatic carbocycles. The SMILES string of the molecule is O=C(O)c1cc(C(O)C(O)CCBr)ccc1F. The van der Waals surface area contributed by atoms with Crippen molar-refractivity contribution in [1.82, 2.24) is 0 Å². The first kappa shape index (κ1) is 14.1. The number of aliphatic hydroxyl groups is 2. The normalized spacial score (nSPS) is 14.4. The molecule has 0 aliphatic carbocycles.